The van der Waals surface area contributed by atoms with Crippen molar-refractivity contribution in [1.29, 1.82) is 0 Å². The predicted octanol–water partition coefficient (Wildman–Crippen LogP) is 4.83. The highest BCUT2D eigenvalue weighted by atomic mass is 19.3. The molecule has 0 aromatic heterocycles. The molecular formula is C14H10F4N4O3. The summed E-state index contributed by atoms with van der Waals surface area (Å²) in [6.07, 6.45) is -8.78. The monoisotopic (exact) mass is 358 g/mol. The summed E-state index contributed by atoms with van der Waals surface area (Å²) in [4.78, 5) is 9.93. The summed E-state index contributed by atoms with van der Waals surface area (Å²) in [5.41, 5.74) is 5.15. The molecule has 7 nitrogen and oxygen atoms in total. The Morgan fingerprint density at radius 2 is 1.76 bits per heavy atom. The van der Waals surface area contributed by atoms with Crippen molar-refractivity contribution in [3.63, 3.8) is 0 Å². The van der Waals surface area contributed by atoms with Gasteiger partial charge < -0.3 is 10.5 Å². The van der Waals surface area contributed by atoms with E-state index in [2.05, 4.69) is 15.0 Å². The molecule has 0 spiro atoms. The molecule has 2 aromatic carbocycles. The summed E-state index contributed by atoms with van der Waals surface area (Å²) < 4.78 is 54.7. The number of alkyl halides is 4. The Balaban J connectivity index is 2.28. The van der Waals surface area contributed by atoms with E-state index in [1.807, 2.05) is 0 Å². The molecule has 2 N–H and O–H groups in total. The van der Waals surface area contributed by atoms with E-state index in [-0.39, 0.29) is 22.7 Å². The number of halogens is 4. The van der Waals surface area contributed by atoms with Crippen LogP contribution in [-0.2, 0) is 0 Å². The number of ether oxygens (including phenoxy) is 1. The molecule has 0 unspecified atom stereocenters. The van der Waals surface area contributed by atoms with Crippen molar-refractivity contribution in [2.45, 2.75) is 12.5 Å². The molecule has 11 heteroatoms. The van der Waals surface area contributed by atoms with Crippen LogP contribution in [0.25, 0.3) is 0 Å². The van der Waals surface area contributed by atoms with E-state index in [0.717, 1.165) is 12.1 Å². The molecule has 0 amide bonds. The Morgan fingerprint density at radius 1 is 1.12 bits per heavy atom. The number of hydrogen-bond donors (Lipinski definition) is 1. The predicted molar refractivity (Wildman–Crippen MR) is 79.7 cm³/mol. The SMILES string of the molecule is Nc1ccc(/N=N/c2ccc([N+](=O)[O-])cc2)c(OC(F)(F)C(F)F)c1. The van der Waals surface area contributed by atoms with Gasteiger partial charge in [-0.3, -0.25) is 10.1 Å². The number of nitrogen functional groups attached to an aromatic ring is 1. The molecule has 0 saturated carbocycles. The van der Waals surface area contributed by atoms with Gasteiger partial charge in [-0.05, 0) is 24.3 Å². The first-order chi connectivity index (χ1) is 11.7. The number of azo groups is 1. The second-order valence-corrected chi connectivity index (χ2v) is 4.67. The molecule has 25 heavy (non-hydrogen) atoms. The van der Waals surface area contributed by atoms with Crippen LogP contribution >= 0.6 is 0 Å². The molecule has 0 saturated heterocycles. The van der Waals surface area contributed by atoms with Gasteiger partial charge in [0.1, 0.15) is 5.69 Å². The minimum absolute atomic E-state index is 0.00523. The zero-order valence-corrected chi connectivity index (χ0v) is 12.3. The molecule has 0 aliphatic carbocycles. The number of nitro groups is 1. The number of non-ortho nitro benzene ring substituents is 1. The third-order valence-electron chi connectivity index (χ3n) is 2.82. The van der Waals surface area contributed by atoms with E-state index in [1.54, 1.807) is 0 Å². The lowest BCUT2D eigenvalue weighted by Crippen LogP contribution is -2.33. The van der Waals surface area contributed by atoms with E-state index in [9.17, 15) is 27.7 Å². The van der Waals surface area contributed by atoms with E-state index in [4.69, 9.17) is 5.73 Å². The summed E-state index contributed by atoms with van der Waals surface area (Å²) in [6.45, 7) is 0. The summed E-state index contributed by atoms with van der Waals surface area (Å²) in [5.74, 6) is -0.684. The Kier molecular flexibility index (Phi) is 5.15. The maximum atomic E-state index is 13.1. The molecule has 0 radical (unpaired) electrons. The molecule has 0 fully saturated rings. The maximum absolute atomic E-state index is 13.1. The molecule has 0 bridgehead atoms. The third-order valence-corrected chi connectivity index (χ3v) is 2.82. The van der Waals surface area contributed by atoms with E-state index < -0.39 is 23.2 Å². The first kappa shape index (κ1) is 18.1. The highest BCUT2D eigenvalue weighted by Crippen LogP contribution is 2.36. The average Bonchev–Trinajstić information content (AvgIpc) is 2.54. The minimum Gasteiger partial charge on any atom is -0.426 e. The van der Waals surface area contributed by atoms with Crippen LogP contribution in [0.2, 0.25) is 0 Å². The Hall–Kier alpha value is -3.24. The van der Waals surface area contributed by atoms with Gasteiger partial charge in [-0.2, -0.15) is 22.7 Å². The van der Waals surface area contributed by atoms with Crippen molar-refractivity contribution in [2.24, 2.45) is 10.2 Å². The lowest BCUT2D eigenvalue weighted by molar-refractivity contribution is -0.384. The lowest BCUT2D eigenvalue weighted by atomic mass is 10.2. The maximum Gasteiger partial charge on any atom is 0.461 e. The highest BCUT2D eigenvalue weighted by molar-refractivity contribution is 5.59. The van der Waals surface area contributed by atoms with Crippen molar-refractivity contribution >= 4 is 22.7 Å². The zero-order chi connectivity index (χ0) is 18.6. The summed E-state index contributed by atoms with van der Waals surface area (Å²) >= 11 is 0. The number of hydrogen-bond acceptors (Lipinski definition) is 6. The lowest BCUT2D eigenvalue weighted by Gasteiger charge is -2.17. The summed E-state index contributed by atoms with van der Waals surface area (Å²) in [6, 6.07) is 8.22. The van der Waals surface area contributed by atoms with Crippen LogP contribution in [0.15, 0.2) is 52.7 Å². The first-order valence-corrected chi connectivity index (χ1v) is 6.60. The van der Waals surface area contributed by atoms with Crippen LogP contribution < -0.4 is 10.5 Å². The van der Waals surface area contributed by atoms with Gasteiger partial charge in [0.15, 0.2) is 5.75 Å². The number of benzene rings is 2. The zero-order valence-electron chi connectivity index (χ0n) is 12.3. The van der Waals surface area contributed by atoms with Crippen LogP contribution in [0.1, 0.15) is 0 Å². The number of nitrogens with two attached hydrogens (primary N) is 1. The van der Waals surface area contributed by atoms with Crippen LogP contribution in [0.5, 0.6) is 5.75 Å². The second-order valence-electron chi connectivity index (χ2n) is 4.67. The largest absolute Gasteiger partial charge is 0.461 e. The van der Waals surface area contributed by atoms with Crippen LogP contribution in [0, 0.1) is 10.1 Å². The van der Waals surface area contributed by atoms with E-state index in [1.165, 1.54) is 30.3 Å². The van der Waals surface area contributed by atoms with Gasteiger partial charge in [0.25, 0.3) is 5.69 Å². The van der Waals surface area contributed by atoms with Crippen molar-refractivity contribution in [3.05, 3.63) is 52.6 Å². The smallest absolute Gasteiger partial charge is 0.426 e. The third kappa shape index (κ3) is 4.62. The normalized spacial score (nSPS) is 11.9. The van der Waals surface area contributed by atoms with E-state index >= 15 is 0 Å². The first-order valence-electron chi connectivity index (χ1n) is 6.60. The molecule has 0 aliphatic heterocycles. The van der Waals surface area contributed by atoms with Gasteiger partial charge >= 0.3 is 12.5 Å². The average molecular weight is 358 g/mol. The highest BCUT2D eigenvalue weighted by Gasteiger charge is 2.44. The van der Waals surface area contributed by atoms with Crippen molar-refractivity contribution < 1.29 is 27.2 Å². The fourth-order valence-electron chi connectivity index (χ4n) is 1.64. The van der Waals surface area contributed by atoms with Crippen LogP contribution in [0.4, 0.5) is 40.3 Å². The molecule has 132 valence electrons. The number of anilines is 1. The van der Waals surface area contributed by atoms with Crippen LogP contribution in [-0.4, -0.2) is 17.5 Å². The van der Waals surface area contributed by atoms with Gasteiger partial charge in [0, 0.05) is 23.9 Å². The number of nitrogens with zero attached hydrogens (tertiary/aromatic N) is 3. The van der Waals surface area contributed by atoms with E-state index in [0.29, 0.717) is 0 Å². The van der Waals surface area contributed by atoms with Gasteiger partial charge in [-0.25, -0.2) is 0 Å². The summed E-state index contributed by atoms with van der Waals surface area (Å²) in [5, 5.41) is 17.9. The standard InChI is InChI=1S/C14H10F4N4O3/c15-13(16)14(17,18)25-12-7-8(19)1-6-11(12)21-20-9-2-4-10(5-3-9)22(23)24/h1-7,13H,19H2/b21-20+. The fraction of sp³-hybridized carbons (Fsp3) is 0.143. The van der Waals surface area contributed by atoms with Crippen LogP contribution in [0.3, 0.4) is 0 Å². The second kappa shape index (κ2) is 7.11. The summed E-state index contributed by atoms with van der Waals surface area (Å²) in [7, 11) is 0. The number of rotatable bonds is 6. The van der Waals surface area contributed by atoms with Gasteiger partial charge in [-0.15, -0.1) is 5.11 Å². The molecule has 2 aromatic rings. The molecule has 2 rings (SSSR count). The van der Waals surface area contributed by atoms with Crippen molar-refractivity contribution in [2.75, 3.05) is 5.73 Å². The van der Waals surface area contributed by atoms with Gasteiger partial charge in [0.05, 0.1) is 10.6 Å². The molecule has 0 heterocycles. The van der Waals surface area contributed by atoms with Gasteiger partial charge in [0.2, 0.25) is 0 Å². The fourth-order valence-corrected chi connectivity index (χ4v) is 1.64. The quantitative estimate of drug-likeness (QED) is 0.263. The Morgan fingerprint density at radius 3 is 2.32 bits per heavy atom. The van der Waals surface area contributed by atoms with Gasteiger partial charge in [-0.1, -0.05) is 0 Å². The number of nitro benzene ring substituents is 1. The Bertz CT molecular complexity index is 797. The molecule has 0 aliphatic rings. The molecular weight excluding hydrogens is 348 g/mol. The van der Waals surface area contributed by atoms with Crippen molar-refractivity contribution in [1.82, 2.24) is 0 Å². The minimum atomic E-state index is -4.73. The topological polar surface area (TPSA) is 103 Å². The Labute approximate surface area is 137 Å². The molecule has 0 atom stereocenters. The van der Waals surface area contributed by atoms with Crippen molar-refractivity contribution in [3.8, 4) is 5.75 Å².